The zero-order valence-electron chi connectivity index (χ0n) is 9.98. The Bertz CT molecular complexity index is 397. The van der Waals surface area contributed by atoms with Crippen LogP contribution >= 0.6 is 27.3 Å². The Balaban J connectivity index is 1.97. The normalized spacial score (nSPS) is 26.1. The van der Waals surface area contributed by atoms with E-state index in [-0.39, 0.29) is 18.0 Å². The molecule has 2 atom stereocenters. The van der Waals surface area contributed by atoms with Crippen molar-refractivity contribution in [2.45, 2.75) is 26.1 Å². The highest BCUT2D eigenvalue weighted by Crippen LogP contribution is 2.23. The lowest BCUT2D eigenvalue weighted by Crippen LogP contribution is -2.47. The fourth-order valence-electron chi connectivity index (χ4n) is 2.18. The van der Waals surface area contributed by atoms with Crippen LogP contribution in [0.4, 0.5) is 0 Å². The van der Waals surface area contributed by atoms with E-state index in [0.29, 0.717) is 6.54 Å². The third kappa shape index (κ3) is 3.37. The highest BCUT2D eigenvalue weighted by molar-refractivity contribution is 9.10. The first kappa shape index (κ1) is 13.2. The van der Waals surface area contributed by atoms with Gasteiger partial charge in [0.05, 0.1) is 23.6 Å². The summed E-state index contributed by atoms with van der Waals surface area (Å²) in [6.45, 7) is 6.25. The lowest BCUT2D eigenvalue weighted by Gasteiger charge is -2.34. The number of thiophene rings is 1. The molecule has 0 bridgehead atoms. The number of carbonyl (C=O) groups is 1. The van der Waals surface area contributed by atoms with Crippen LogP contribution in [0.2, 0.25) is 0 Å². The minimum absolute atomic E-state index is 0.188. The van der Waals surface area contributed by atoms with E-state index in [4.69, 9.17) is 4.74 Å². The van der Waals surface area contributed by atoms with E-state index in [0.717, 1.165) is 22.4 Å². The summed E-state index contributed by atoms with van der Waals surface area (Å²) in [7, 11) is 0. The van der Waals surface area contributed by atoms with Crippen molar-refractivity contribution >= 4 is 33.0 Å². The molecule has 0 saturated carbocycles. The fourth-order valence-corrected chi connectivity index (χ4v) is 3.71. The Hall–Kier alpha value is -0.230. The number of carbonyl (C=O) groups excluding carboxylic acids is 1. The first-order valence-electron chi connectivity index (χ1n) is 5.70. The molecule has 1 aliphatic rings. The number of rotatable bonds is 3. The molecule has 0 aromatic carbocycles. The third-order valence-corrected chi connectivity index (χ3v) is 4.61. The van der Waals surface area contributed by atoms with Crippen molar-refractivity contribution in [1.29, 1.82) is 0 Å². The molecule has 1 aromatic rings. The Labute approximate surface area is 114 Å². The monoisotopic (exact) mass is 317 g/mol. The van der Waals surface area contributed by atoms with Crippen molar-refractivity contribution < 1.29 is 9.53 Å². The van der Waals surface area contributed by atoms with Gasteiger partial charge < -0.3 is 4.74 Å². The second kappa shape index (κ2) is 5.61. The summed E-state index contributed by atoms with van der Waals surface area (Å²) in [5.74, 6) is 0.188. The van der Waals surface area contributed by atoms with Crippen LogP contribution in [0, 0.1) is 0 Å². The molecule has 0 aliphatic carbocycles. The summed E-state index contributed by atoms with van der Waals surface area (Å²) in [6, 6.07) is 1.92. The lowest BCUT2D eigenvalue weighted by molar-refractivity contribution is -0.0652. The largest absolute Gasteiger partial charge is 0.373 e. The topological polar surface area (TPSA) is 29.5 Å². The first-order valence-corrected chi connectivity index (χ1v) is 7.37. The molecule has 1 aliphatic heterocycles. The van der Waals surface area contributed by atoms with E-state index >= 15 is 0 Å². The Morgan fingerprint density at radius 2 is 2.18 bits per heavy atom. The van der Waals surface area contributed by atoms with E-state index in [1.54, 1.807) is 0 Å². The van der Waals surface area contributed by atoms with Crippen LogP contribution in [0.5, 0.6) is 0 Å². The van der Waals surface area contributed by atoms with Crippen LogP contribution in [0.25, 0.3) is 0 Å². The highest BCUT2D eigenvalue weighted by Gasteiger charge is 2.24. The number of hydrogen-bond donors (Lipinski definition) is 0. The molecule has 2 rings (SSSR count). The van der Waals surface area contributed by atoms with Gasteiger partial charge in [0, 0.05) is 17.6 Å². The van der Waals surface area contributed by atoms with Crippen LogP contribution < -0.4 is 0 Å². The smallest absolute Gasteiger partial charge is 0.187 e. The van der Waals surface area contributed by atoms with Crippen LogP contribution in [-0.2, 0) is 4.74 Å². The summed E-state index contributed by atoms with van der Waals surface area (Å²) >= 11 is 4.90. The molecule has 94 valence electrons. The minimum Gasteiger partial charge on any atom is -0.373 e. The van der Waals surface area contributed by atoms with Crippen LogP contribution in [0.1, 0.15) is 23.5 Å². The van der Waals surface area contributed by atoms with Gasteiger partial charge in [-0.05, 0) is 41.2 Å². The van der Waals surface area contributed by atoms with E-state index in [1.165, 1.54) is 11.3 Å². The van der Waals surface area contributed by atoms with Crippen molar-refractivity contribution in [1.82, 2.24) is 4.90 Å². The average Bonchev–Trinajstić information content (AvgIpc) is 2.62. The van der Waals surface area contributed by atoms with Gasteiger partial charge in [-0.2, -0.15) is 0 Å². The lowest BCUT2D eigenvalue weighted by atomic mass is 10.2. The van der Waals surface area contributed by atoms with Gasteiger partial charge in [0.2, 0.25) is 0 Å². The molecule has 17 heavy (non-hydrogen) atoms. The van der Waals surface area contributed by atoms with Gasteiger partial charge in [-0.15, -0.1) is 11.3 Å². The number of nitrogens with zero attached hydrogens (tertiary/aromatic N) is 1. The third-order valence-electron chi connectivity index (χ3n) is 2.73. The van der Waals surface area contributed by atoms with Crippen molar-refractivity contribution in [3.8, 4) is 0 Å². The van der Waals surface area contributed by atoms with Gasteiger partial charge in [-0.25, -0.2) is 0 Å². The molecular weight excluding hydrogens is 302 g/mol. The van der Waals surface area contributed by atoms with Gasteiger partial charge in [0.1, 0.15) is 0 Å². The van der Waals surface area contributed by atoms with Crippen molar-refractivity contribution in [2.24, 2.45) is 0 Å². The predicted molar refractivity (Wildman–Crippen MR) is 72.8 cm³/mol. The van der Waals surface area contributed by atoms with E-state index < -0.39 is 0 Å². The molecule has 2 unspecified atom stereocenters. The Morgan fingerprint density at radius 1 is 1.53 bits per heavy atom. The molecule has 1 aromatic heterocycles. The number of ketones is 1. The molecule has 3 nitrogen and oxygen atoms in total. The van der Waals surface area contributed by atoms with Crippen molar-refractivity contribution in [2.75, 3.05) is 19.6 Å². The van der Waals surface area contributed by atoms with Crippen LogP contribution in [0.3, 0.4) is 0 Å². The molecule has 0 spiro atoms. The molecule has 1 saturated heterocycles. The van der Waals surface area contributed by atoms with Gasteiger partial charge in [-0.1, -0.05) is 0 Å². The van der Waals surface area contributed by atoms with E-state index in [9.17, 15) is 4.79 Å². The number of halogens is 1. The maximum Gasteiger partial charge on any atom is 0.187 e. The highest BCUT2D eigenvalue weighted by atomic mass is 79.9. The summed E-state index contributed by atoms with van der Waals surface area (Å²) in [4.78, 5) is 15.1. The Kier molecular flexibility index (Phi) is 4.36. The van der Waals surface area contributed by atoms with Crippen LogP contribution in [-0.4, -0.2) is 42.5 Å². The fraction of sp³-hybridized carbons (Fsp3) is 0.583. The maximum absolute atomic E-state index is 12.1. The number of morpholine rings is 1. The number of hydrogen-bond acceptors (Lipinski definition) is 4. The average molecular weight is 318 g/mol. The molecule has 5 heteroatoms. The van der Waals surface area contributed by atoms with Crippen LogP contribution in [0.15, 0.2) is 15.9 Å². The quantitative estimate of drug-likeness (QED) is 0.803. The number of ether oxygens (including phenoxy) is 1. The zero-order valence-corrected chi connectivity index (χ0v) is 12.4. The summed E-state index contributed by atoms with van der Waals surface area (Å²) < 4.78 is 6.56. The van der Waals surface area contributed by atoms with Crippen molar-refractivity contribution in [3.05, 3.63) is 20.8 Å². The summed E-state index contributed by atoms with van der Waals surface area (Å²) in [5, 5.41) is 1.93. The second-order valence-corrected chi connectivity index (χ2v) is 6.24. The minimum atomic E-state index is 0.188. The van der Waals surface area contributed by atoms with Gasteiger partial charge in [-0.3, -0.25) is 9.69 Å². The molecule has 0 N–H and O–H groups in total. The van der Waals surface area contributed by atoms with Gasteiger partial charge >= 0.3 is 0 Å². The molecule has 0 amide bonds. The molecule has 2 heterocycles. The van der Waals surface area contributed by atoms with E-state index in [2.05, 4.69) is 20.8 Å². The SMILES string of the molecule is CC1CN(CC(=O)c2sccc2Br)CC(C)O1. The first-order chi connectivity index (χ1) is 8.06. The molecule has 0 radical (unpaired) electrons. The predicted octanol–water partition coefficient (Wildman–Crippen LogP) is 2.80. The second-order valence-electron chi connectivity index (χ2n) is 4.47. The van der Waals surface area contributed by atoms with Gasteiger partial charge in [0.25, 0.3) is 0 Å². The van der Waals surface area contributed by atoms with Gasteiger partial charge in [0.15, 0.2) is 5.78 Å². The van der Waals surface area contributed by atoms with Crippen molar-refractivity contribution in [3.63, 3.8) is 0 Å². The summed E-state index contributed by atoms with van der Waals surface area (Å²) in [6.07, 6.45) is 0.414. The summed E-state index contributed by atoms with van der Waals surface area (Å²) in [5.41, 5.74) is 0. The Morgan fingerprint density at radius 3 is 2.71 bits per heavy atom. The zero-order chi connectivity index (χ0) is 12.4. The molecule has 1 fully saturated rings. The maximum atomic E-state index is 12.1. The molecular formula is C12H16BrNO2S. The number of Topliss-reactive ketones (excluding diaryl/α,β-unsaturated/α-hetero) is 1. The van der Waals surface area contributed by atoms with E-state index in [1.807, 2.05) is 25.3 Å². The standard InChI is InChI=1S/C12H16BrNO2S/c1-8-5-14(6-9(2)16-8)7-11(15)12-10(13)3-4-17-12/h3-4,8-9H,5-7H2,1-2H3.